The molecule has 0 saturated carbocycles. The molecule has 0 fully saturated rings. The van der Waals surface area contributed by atoms with Crippen molar-refractivity contribution in [2.75, 3.05) is 10.6 Å². The second kappa shape index (κ2) is 10.2. The van der Waals surface area contributed by atoms with Crippen LogP contribution in [0.4, 0.5) is 29.3 Å². The van der Waals surface area contributed by atoms with E-state index in [-0.39, 0.29) is 18.8 Å². The number of rotatable bonds is 7. The summed E-state index contributed by atoms with van der Waals surface area (Å²) in [6.07, 6.45) is -6.05. The quantitative estimate of drug-likeness (QED) is 0.437. The average molecular weight is 477 g/mol. The Hall–Kier alpha value is -3.86. The van der Waals surface area contributed by atoms with E-state index in [4.69, 9.17) is 0 Å². The summed E-state index contributed by atoms with van der Waals surface area (Å²) in [5.41, 5.74) is 1.27. The van der Waals surface area contributed by atoms with E-state index in [1.54, 1.807) is 29.6 Å². The lowest BCUT2D eigenvalue weighted by Crippen LogP contribution is -2.29. The Kier molecular flexibility index (Phi) is 7.34. The van der Waals surface area contributed by atoms with Gasteiger partial charge in [0.05, 0.1) is 6.54 Å². The van der Waals surface area contributed by atoms with E-state index < -0.39 is 24.1 Å². The number of thiophene rings is 1. The lowest BCUT2D eigenvalue weighted by Gasteiger charge is -2.18. The Morgan fingerprint density at radius 3 is 2.00 bits per heavy atom. The number of halogens is 3. The highest BCUT2D eigenvalue weighted by Crippen LogP contribution is 2.20. The van der Waals surface area contributed by atoms with E-state index in [0.717, 1.165) is 4.88 Å². The summed E-state index contributed by atoms with van der Waals surface area (Å²) >= 11 is 1.46. The fourth-order valence-electron chi connectivity index (χ4n) is 2.81. The smallest absolute Gasteiger partial charge is 0.465 e. The van der Waals surface area contributed by atoms with Crippen molar-refractivity contribution in [1.82, 2.24) is 4.90 Å². The molecule has 0 atom stereocenters. The van der Waals surface area contributed by atoms with Crippen molar-refractivity contribution < 1.29 is 32.7 Å². The van der Waals surface area contributed by atoms with Crippen molar-refractivity contribution in [3.05, 3.63) is 82.0 Å². The molecule has 3 aromatic rings. The first-order valence-electron chi connectivity index (χ1n) is 9.50. The lowest BCUT2D eigenvalue weighted by molar-refractivity contribution is -0.167. The van der Waals surface area contributed by atoms with Crippen LogP contribution in [0.15, 0.2) is 66.0 Å². The van der Waals surface area contributed by atoms with Crippen molar-refractivity contribution >= 4 is 40.6 Å². The maximum Gasteiger partial charge on any atom is 0.471 e. The topological polar surface area (TPSA) is 98.7 Å². The molecule has 0 spiro atoms. The van der Waals surface area contributed by atoms with Gasteiger partial charge in [-0.25, -0.2) is 4.79 Å². The molecule has 0 bridgehead atoms. The van der Waals surface area contributed by atoms with Gasteiger partial charge in [0.15, 0.2) is 0 Å². The summed E-state index contributed by atoms with van der Waals surface area (Å²) in [6, 6.07) is 15.3. The maximum absolute atomic E-state index is 12.4. The molecular formula is C22H18F3N3O4S. The van der Waals surface area contributed by atoms with Crippen LogP contribution < -0.4 is 10.6 Å². The van der Waals surface area contributed by atoms with Gasteiger partial charge in [0.25, 0.3) is 5.91 Å². The molecule has 11 heteroatoms. The molecular weight excluding hydrogens is 459 g/mol. The first-order chi connectivity index (χ1) is 15.6. The fraction of sp³-hybridized carbons (Fsp3) is 0.136. The summed E-state index contributed by atoms with van der Waals surface area (Å²) in [5, 5.41) is 15.6. The predicted octanol–water partition coefficient (Wildman–Crippen LogP) is 5.18. The van der Waals surface area contributed by atoms with Gasteiger partial charge in [-0.2, -0.15) is 13.2 Å². The van der Waals surface area contributed by atoms with Crippen molar-refractivity contribution in [2.45, 2.75) is 19.3 Å². The van der Waals surface area contributed by atoms with E-state index in [1.165, 1.54) is 40.5 Å². The van der Waals surface area contributed by atoms with Gasteiger partial charge < -0.3 is 15.7 Å². The van der Waals surface area contributed by atoms with Crippen molar-refractivity contribution in [2.24, 2.45) is 0 Å². The molecule has 0 aliphatic carbocycles. The number of nitrogens with one attached hydrogen (secondary N) is 2. The molecule has 0 aliphatic rings. The number of benzene rings is 2. The predicted molar refractivity (Wildman–Crippen MR) is 117 cm³/mol. The number of hydrogen-bond acceptors (Lipinski definition) is 4. The van der Waals surface area contributed by atoms with Crippen molar-refractivity contribution in [3.63, 3.8) is 0 Å². The van der Waals surface area contributed by atoms with Gasteiger partial charge in [0, 0.05) is 28.4 Å². The first kappa shape index (κ1) is 23.8. The van der Waals surface area contributed by atoms with Crippen LogP contribution in [0.3, 0.4) is 0 Å². The Morgan fingerprint density at radius 1 is 0.879 bits per heavy atom. The van der Waals surface area contributed by atoms with Crippen molar-refractivity contribution in [1.29, 1.82) is 0 Å². The minimum absolute atomic E-state index is 0.0646. The van der Waals surface area contributed by atoms with Gasteiger partial charge in [0.1, 0.15) is 0 Å². The number of hydrogen-bond donors (Lipinski definition) is 3. The van der Waals surface area contributed by atoms with E-state index in [2.05, 4.69) is 5.32 Å². The standard InChI is InChI=1S/C22H18F3N3O4S/c23-22(24,25)20(30)27-17-9-7-16(8-10-17)26-19(29)15-5-3-14(4-6-15)12-28(21(31)32)13-18-2-1-11-33-18/h1-11H,12-13H2,(H,26,29)(H,27,30)(H,31,32). The molecule has 0 unspecified atom stereocenters. The van der Waals surface area contributed by atoms with E-state index in [9.17, 15) is 32.7 Å². The van der Waals surface area contributed by atoms with Gasteiger partial charge >= 0.3 is 18.2 Å². The Labute approximate surface area is 190 Å². The van der Waals surface area contributed by atoms with Crippen LogP contribution in [0, 0.1) is 0 Å². The molecule has 0 saturated heterocycles. The van der Waals surface area contributed by atoms with Crippen LogP contribution in [0.1, 0.15) is 20.8 Å². The molecule has 3 rings (SSSR count). The molecule has 2 aromatic carbocycles. The third kappa shape index (κ3) is 6.81. The summed E-state index contributed by atoms with van der Waals surface area (Å²) in [6.45, 7) is 0.412. The van der Waals surface area contributed by atoms with E-state index >= 15 is 0 Å². The second-order valence-corrected chi connectivity index (χ2v) is 7.93. The third-order valence-corrected chi connectivity index (χ3v) is 5.31. The molecule has 172 valence electrons. The zero-order valence-electron chi connectivity index (χ0n) is 16.9. The second-order valence-electron chi connectivity index (χ2n) is 6.90. The number of carbonyl (C=O) groups excluding carboxylic acids is 2. The maximum atomic E-state index is 12.4. The molecule has 0 aliphatic heterocycles. The van der Waals surface area contributed by atoms with Crippen LogP contribution in [0.25, 0.3) is 0 Å². The van der Waals surface area contributed by atoms with Crippen LogP contribution in [-0.4, -0.2) is 34.1 Å². The van der Waals surface area contributed by atoms with Crippen LogP contribution in [-0.2, 0) is 17.9 Å². The normalized spacial score (nSPS) is 11.0. The fourth-order valence-corrected chi connectivity index (χ4v) is 3.53. The number of carbonyl (C=O) groups is 3. The zero-order valence-corrected chi connectivity index (χ0v) is 17.7. The number of alkyl halides is 3. The SMILES string of the molecule is O=C(Nc1ccc(NC(=O)C(F)(F)F)cc1)c1ccc(CN(Cc2cccs2)C(=O)O)cc1. The number of anilines is 2. The molecule has 0 radical (unpaired) electrons. The third-order valence-electron chi connectivity index (χ3n) is 4.44. The van der Waals surface area contributed by atoms with Gasteiger partial charge in [-0.15, -0.1) is 11.3 Å². The molecule has 3 amide bonds. The summed E-state index contributed by atoms with van der Waals surface area (Å²) in [5.74, 6) is -2.54. The largest absolute Gasteiger partial charge is 0.471 e. The van der Waals surface area contributed by atoms with Gasteiger partial charge in [-0.05, 0) is 53.4 Å². The van der Waals surface area contributed by atoms with E-state index in [0.29, 0.717) is 16.8 Å². The number of nitrogens with zero attached hydrogens (tertiary/aromatic N) is 1. The Balaban J connectivity index is 1.58. The Morgan fingerprint density at radius 2 is 1.48 bits per heavy atom. The van der Waals surface area contributed by atoms with Gasteiger partial charge in [-0.1, -0.05) is 18.2 Å². The van der Waals surface area contributed by atoms with Crippen LogP contribution >= 0.6 is 11.3 Å². The Bertz CT molecular complexity index is 1120. The summed E-state index contributed by atoms with van der Waals surface area (Å²) in [7, 11) is 0. The molecule has 1 heterocycles. The molecule has 3 N–H and O–H groups in total. The van der Waals surface area contributed by atoms with Crippen LogP contribution in [0.2, 0.25) is 0 Å². The summed E-state index contributed by atoms with van der Waals surface area (Å²) < 4.78 is 36.9. The molecule has 33 heavy (non-hydrogen) atoms. The summed E-state index contributed by atoms with van der Waals surface area (Å²) in [4.78, 5) is 37.1. The van der Waals surface area contributed by atoms with E-state index in [1.807, 2.05) is 17.5 Å². The minimum atomic E-state index is -5.00. The zero-order chi connectivity index (χ0) is 24.0. The highest BCUT2D eigenvalue weighted by atomic mass is 32.1. The minimum Gasteiger partial charge on any atom is -0.465 e. The molecule has 7 nitrogen and oxygen atoms in total. The van der Waals surface area contributed by atoms with Crippen molar-refractivity contribution in [3.8, 4) is 0 Å². The van der Waals surface area contributed by atoms with Gasteiger partial charge in [-0.3, -0.25) is 14.5 Å². The lowest BCUT2D eigenvalue weighted by atomic mass is 10.1. The highest BCUT2D eigenvalue weighted by Gasteiger charge is 2.38. The highest BCUT2D eigenvalue weighted by molar-refractivity contribution is 7.09. The number of amides is 3. The monoisotopic (exact) mass is 477 g/mol. The first-order valence-corrected chi connectivity index (χ1v) is 10.4. The number of carboxylic acid groups (broad SMARTS) is 1. The average Bonchev–Trinajstić information content (AvgIpc) is 3.27. The molecule has 1 aromatic heterocycles. The van der Waals surface area contributed by atoms with Gasteiger partial charge in [0.2, 0.25) is 0 Å². The van der Waals surface area contributed by atoms with Crippen LogP contribution in [0.5, 0.6) is 0 Å².